The van der Waals surface area contributed by atoms with E-state index < -0.39 is 11.7 Å². The molecule has 0 radical (unpaired) electrons. The third-order valence-electron chi connectivity index (χ3n) is 6.57. The van der Waals surface area contributed by atoms with Crippen LogP contribution < -0.4 is 10.2 Å². The zero-order valence-corrected chi connectivity index (χ0v) is 21.2. The third-order valence-corrected chi connectivity index (χ3v) is 6.57. The molecular weight excluding hydrogens is 523 g/mol. The number of aromatic amines is 1. The maximum atomic E-state index is 13.8. The molecule has 0 atom stereocenters. The fourth-order valence-electron chi connectivity index (χ4n) is 4.37. The molecule has 12 heteroatoms. The highest BCUT2D eigenvalue weighted by Gasteiger charge is 2.34. The maximum absolute atomic E-state index is 13.8. The van der Waals surface area contributed by atoms with E-state index in [0.29, 0.717) is 34.4 Å². The van der Waals surface area contributed by atoms with Crippen LogP contribution in [0.1, 0.15) is 39.9 Å². The van der Waals surface area contributed by atoms with Crippen LogP contribution in [-0.2, 0) is 17.5 Å². The SMILES string of the molecule is CN(Cc1c(C=O)cccc1C(F)(F)F)c1cc(-c2cc(C#N)ccc2-c2ncn[nH]2)cc(NC(=O)C2CC2)n1. The van der Waals surface area contributed by atoms with Crippen LogP contribution in [0, 0.1) is 17.2 Å². The topological polar surface area (TPSA) is 128 Å². The molecular formula is C28H22F3N7O2. The zero-order chi connectivity index (χ0) is 28.4. The summed E-state index contributed by atoms with van der Waals surface area (Å²) in [6.45, 7) is -0.288. The van der Waals surface area contributed by atoms with Crippen LogP contribution in [0.25, 0.3) is 22.5 Å². The minimum Gasteiger partial charge on any atom is -0.355 e. The van der Waals surface area contributed by atoms with E-state index in [9.17, 15) is 28.0 Å². The number of carbonyl (C=O) groups excluding carboxylic acids is 2. The lowest BCUT2D eigenvalue weighted by Gasteiger charge is -2.23. The zero-order valence-electron chi connectivity index (χ0n) is 21.2. The van der Waals surface area contributed by atoms with Crippen molar-refractivity contribution >= 4 is 23.8 Å². The molecule has 2 aromatic heterocycles. The number of hydrogen-bond donors (Lipinski definition) is 2. The Morgan fingerprint density at radius 3 is 2.65 bits per heavy atom. The molecule has 0 aliphatic heterocycles. The lowest BCUT2D eigenvalue weighted by molar-refractivity contribution is -0.138. The van der Waals surface area contributed by atoms with Crippen molar-refractivity contribution in [1.82, 2.24) is 20.2 Å². The Balaban J connectivity index is 1.62. The van der Waals surface area contributed by atoms with Crippen molar-refractivity contribution in [3.8, 4) is 28.6 Å². The number of amides is 1. The Morgan fingerprint density at radius 2 is 2.00 bits per heavy atom. The second-order valence-electron chi connectivity index (χ2n) is 9.41. The van der Waals surface area contributed by atoms with Crippen molar-refractivity contribution in [3.63, 3.8) is 0 Å². The second-order valence-corrected chi connectivity index (χ2v) is 9.41. The minimum atomic E-state index is -4.67. The van der Waals surface area contributed by atoms with Gasteiger partial charge in [-0.3, -0.25) is 14.7 Å². The van der Waals surface area contributed by atoms with Gasteiger partial charge in [-0.1, -0.05) is 12.1 Å². The average molecular weight is 546 g/mol. The summed E-state index contributed by atoms with van der Waals surface area (Å²) in [6.07, 6.45) is -1.41. The van der Waals surface area contributed by atoms with Crippen LogP contribution in [0.4, 0.5) is 24.8 Å². The van der Waals surface area contributed by atoms with Crippen LogP contribution in [-0.4, -0.2) is 39.4 Å². The Bertz CT molecular complexity index is 1620. The number of nitrogens with zero attached hydrogens (tertiary/aromatic N) is 5. The normalized spacial score (nSPS) is 13.0. The van der Waals surface area contributed by atoms with Crippen LogP contribution in [0.5, 0.6) is 0 Å². The fraction of sp³-hybridized carbons (Fsp3) is 0.214. The molecule has 4 aromatic rings. The van der Waals surface area contributed by atoms with Gasteiger partial charge in [-0.05, 0) is 65.9 Å². The number of aromatic nitrogens is 4. The van der Waals surface area contributed by atoms with E-state index >= 15 is 0 Å². The van der Waals surface area contributed by atoms with E-state index in [1.165, 1.54) is 23.4 Å². The number of nitriles is 1. The third kappa shape index (κ3) is 5.54. The number of pyridine rings is 1. The Kier molecular flexibility index (Phi) is 7.04. The van der Waals surface area contributed by atoms with Crippen LogP contribution in [0.3, 0.4) is 0 Å². The smallest absolute Gasteiger partial charge is 0.355 e. The first kappa shape index (κ1) is 26.6. The number of rotatable bonds is 8. The number of benzene rings is 2. The standard InChI is InChI=1S/C28H22F3N7O2/c1-38(13-22-18(14-39)3-2-4-23(22)28(29,30)31)25-11-19(10-24(35-25)36-27(40)17-6-7-17)21-9-16(12-32)5-8-20(21)26-33-15-34-37-26/h2-5,8-11,14-15,17H,6-7,13H2,1H3,(H,33,34,37)(H,35,36,40). The summed E-state index contributed by atoms with van der Waals surface area (Å²) in [7, 11) is 1.55. The lowest BCUT2D eigenvalue weighted by atomic mass is 9.97. The number of alkyl halides is 3. The quantitative estimate of drug-likeness (QED) is 0.291. The largest absolute Gasteiger partial charge is 0.416 e. The summed E-state index contributed by atoms with van der Waals surface area (Å²) < 4.78 is 41.4. The molecule has 0 bridgehead atoms. The van der Waals surface area contributed by atoms with E-state index in [1.807, 2.05) is 0 Å². The van der Waals surface area contributed by atoms with Crippen molar-refractivity contribution in [2.75, 3.05) is 17.3 Å². The highest BCUT2D eigenvalue weighted by molar-refractivity contribution is 5.94. The van der Waals surface area contributed by atoms with Crippen molar-refractivity contribution in [1.29, 1.82) is 5.26 Å². The molecule has 1 fully saturated rings. The number of halogens is 3. The molecule has 1 saturated carbocycles. The van der Waals surface area contributed by atoms with Crippen molar-refractivity contribution < 1.29 is 22.8 Å². The van der Waals surface area contributed by atoms with E-state index in [1.54, 1.807) is 37.4 Å². The average Bonchev–Trinajstić information content (AvgIpc) is 3.66. The molecule has 40 heavy (non-hydrogen) atoms. The molecule has 0 unspecified atom stereocenters. The molecule has 0 saturated heterocycles. The molecule has 1 amide bonds. The molecule has 202 valence electrons. The number of anilines is 2. The van der Waals surface area contributed by atoms with Crippen LogP contribution >= 0.6 is 0 Å². The summed E-state index contributed by atoms with van der Waals surface area (Å²) >= 11 is 0. The Morgan fingerprint density at radius 1 is 1.20 bits per heavy atom. The van der Waals surface area contributed by atoms with Gasteiger partial charge in [-0.2, -0.15) is 23.5 Å². The lowest BCUT2D eigenvalue weighted by Crippen LogP contribution is -2.23. The van der Waals surface area contributed by atoms with Gasteiger partial charge in [0.2, 0.25) is 5.91 Å². The summed E-state index contributed by atoms with van der Waals surface area (Å²) in [6, 6.07) is 13.8. The summed E-state index contributed by atoms with van der Waals surface area (Å²) in [5.41, 5.74) is 0.873. The number of aldehydes is 1. The Labute approximate surface area is 226 Å². The van der Waals surface area contributed by atoms with Crippen LogP contribution in [0.15, 0.2) is 54.9 Å². The van der Waals surface area contributed by atoms with E-state index in [-0.39, 0.29) is 41.1 Å². The van der Waals surface area contributed by atoms with Gasteiger partial charge < -0.3 is 10.2 Å². The van der Waals surface area contributed by atoms with Crippen molar-refractivity contribution in [2.24, 2.45) is 5.92 Å². The van der Waals surface area contributed by atoms with Gasteiger partial charge in [-0.15, -0.1) is 0 Å². The summed E-state index contributed by atoms with van der Waals surface area (Å²) in [5.74, 6) is 0.548. The van der Waals surface area contributed by atoms with Gasteiger partial charge in [0.25, 0.3) is 0 Å². The molecule has 0 spiro atoms. The van der Waals surface area contributed by atoms with E-state index in [0.717, 1.165) is 18.9 Å². The number of nitrogens with one attached hydrogen (secondary N) is 2. The van der Waals surface area contributed by atoms with Gasteiger partial charge in [0.15, 0.2) is 5.82 Å². The number of carbonyl (C=O) groups is 2. The van der Waals surface area contributed by atoms with Crippen molar-refractivity contribution in [3.05, 3.63) is 77.1 Å². The molecule has 2 heterocycles. The number of H-pyrrole nitrogens is 1. The first-order chi connectivity index (χ1) is 19.2. The first-order valence-electron chi connectivity index (χ1n) is 12.3. The highest BCUT2D eigenvalue weighted by Crippen LogP contribution is 2.37. The van der Waals surface area contributed by atoms with Gasteiger partial charge in [0.1, 0.15) is 24.2 Å². The maximum Gasteiger partial charge on any atom is 0.416 e. The van der Waals surface area contributed by atoms with Crippen LogP contribution in [0.2, 0.25) is 0 Å². The monoisotopic (exact) mass is 545 g/mol. The predicted molar refractivity (Wildman–Crippen MR) is 140 cm³/mol. The highest BCUT2D eigenvalue weighted by atomic mass is 19.4. The van der Waals surface area contributed by atoms with Gasteiger partial charge in [0.05, 0.1) is 17.2 Å². The molecule has 2 aromatic carbocycles. The molecule has 2 N–H and O–H groups in total. The molecule has 1 aliphatic carbocycles. The predicted octanol–water partition coefficient (Wildman–Crippen LogP) is 5.22. The van der Waals surface area contributed by atoms with E-state index in [2.05, 4.69) is 31.6 Å². The van der Waals surface area contributed by atoms with Gasteiger partial charge >= 0.3 is 6.18 Å². The van der Waals surface area contributed by atoms with Gasteiger partial charge in [-0.25, -0.2) is 9.97 Å². The Hall–Kier alpha value is -5.05. The summed E-state index contributed by atoms with van der Waals surface area (Å²) in [5, 5.41) is 19.0. The van der Waals surface area contributed by atoms with E-state index in [4.69, 9.17) is 0 Å². The molecule has 5 rings (SSSR count). The summed E-state index contributed by atoms with van der Waals surface area (Å²) in [4.78, 5) is 34.4. The number of hydrogen-bond acceptors (Lipinski definition) is 7. The van der Waals surface area contributed by atoms with Crippen molar-refractivity contribution in [2.45, 2.75) is 25.6 Å². The minimum absolute atomic E-state index is 0.0885. The fourth-order valence-corrected chi connectivity index (χ4v) is 4.37. The molecule has 9 nitrogen and oxygen atoms in total. The first-order valence-corrected chi connectivity index (χ1v) is 12.3. The molecule has 1 aliphatic rings. The second kappa shape index (κ2) is 10.6. The van der Waals surface area contributed by atoms with Gasteiger partial charge in [0, 0.05) is 30.6 Å².